The Kier molecular flexibility index (Phi) is 5.38. The van der Waals surface area contributed by atoms with Gasteiger partial charge in [0.15, 0.2) is 0 Å². The van der Waals surface area contributed by atoms with Crippen LogP contribution < -0.4 is 10.1 Å². The van der Waals surface area contributed by atoms with E-state index in [1.54, 1.807) is 11.8 Å². The van der Waals surface area contributed by atoms with Crippen LogP contribution in [0.1, 0.15) is 25.0 Å². The summed E-state index contributed by atoms with van der Waals surface area (Å²) in [7, 11) is 3.49. The molecule has 1 aliphatic heterocycles. The summed E-state index contributed by atoms with van der Waals surface area (Å²) in [5.41, 5.74) is 2.82. The van der Waals surface area contributed by atoms with Crippen molar-refractivity contribution in [1.82, 2.24) is 9.78 Å². The molecule has 1 N–H and O–H groups in total. The zero-order valence-electron chi connectivity index (χ0n) is 15.0. The first-order chi connectivity index (χ1) is 12.1. The summed E-state index contributed by atoms with van der Waals surface area (Å²) in [6, 6.07) is 7.78. The third kappa shape index (κ3) is 4.02. The van der Waals surface area contributed by atoms with E-state index in [1.165, 1.54) is 0 Å². The maximum Gasteiger partial charge on any atom is 0.225 e. The zero-order chi connectivity index (χ0) is 17.8. The minimum Gasteiger partial charge on any atom is -0.497 e. The van der Waals surface area contributed by atoms with Crippen LogP contribution in [0.2, 0.25) is 0 Å². The Morgan fingerprint density at radius 3 is 2.80 bits per heavy atom. The van der Waals surface area contributed by atoms with Crippen LogP contribution in [0.5, 0.6) is 5.75 Å². The van der Waals surface area contributed by atoms with Crippen LogP contribution in [0.3, 0.4) is 0 Å². The van der Waals surface area contributed by atoms with Crippen LogP contribution in [-0.2, 0) is 16.6 Å². The summed E-state index contributed by atoms with van der Waals surface area (Å²) in [5, 5.41) is 7.52. The number of amides is 1. The molecule has 0 radical (unpaired) electrons. The van der Waals surface area contributed by atoms with Gasteiger partial charge in [-0.1, -0.05) is 12.1 Å². The molecule has 1 aromatic heterocycles. The second-order valence-electron chi connectivity index (χ2n) is 6.50. The Labute approximate surface area is 148 Å². The lowest BCUT2D eigenvalue weighted by Crippen LogP contribution is -2.24. The number of methoxy groups -OCH3 is 1. The van der Waals surface area contributed by atoms with Crippen molar-refractivity contribution < 1.29 is 14.3 Å². The molecule has 0 saturated carbocycles. The van der Waals surface area contributed by atoms with Crippen molar-refractivity contribution in [2.45, 2.75) is 26.2 Å². The average Bonchev–Trinajstić information content (AvgIpc) is 2.89. The first kappa shape index (κ1) is 17.5. The summed E-state index contributed by atoms with van der Waals surface area (Å²) in [6.45, 7) is 3.42. The molecule has 1 unspecified atom stereocenters. The number of nitrogens with zero attached hydrogens (tertiary/aromatic N) is 2. The average molecular weight is 343 g/mol. The van der Waals surface area contributed by atoms with Gasteiger partial charge in [-0.2, -0.15) is 5.10 Å². The van der Waals surface area contributed by atoms with Crippen molar-refractivity contribution in [3.05, 3.63) is 30.0 Å². The van der Waals surface area contributed by atoms with Crippen LogP contribution in [0.4, 0.5) is 5.82 Å². The summed E-state index contributed by atoms with van der Waals surface area (Å²) >= 11 is 0. The van der Waals surface area contributed by atoms with Crippen LogP contribution in [0.25, 0.3) is 11.1 Å². The van der Waals surface area contributed by atoms with E-state index in [0.29, 0.717) is 18.9 Å². The number of hydrogen-bond donors (Lipinski definition) is 1. The first-order valence-electron chi connectivity index (χ1n) is 8.64. The Morgan fingerprint density at radius 1 is 1.40 bits per heavy atom. The number of rotatable bonds is 5. The molecule has 1 amide bonds. The van der Waals surface area contributed by atoms with Gasteiger partial charge in [0.05, 0.1) is 12.8 Å². The van der Waals surface area contributed by atoms with Gasteiger partial charge in [0, 0.05) is 32.2 Å². The summed E-state index contributed by atoms with van der Waals surface area (Å²) in [4.78, 5) is 12.5. The van der Waals surface area contributed by atoms with Gasteiger partial charge in [-0.05, 0) is 43.4 Å². The van der Waals surface area contributed by atoms with Gasteiger partial charge in [0.1, 0.15) is 11.6 Å². The molecular weight excluding hydrogens is 318 g/mol. The second-order valence-corrected chi connectivity index (χ2v) is 6.50. The van der Waals surface area contributed by atoms with Gasteiger partial charge >= 0.3 is 0 Å². The standard InChI is InChI=1S/C19H25N3O3/c1-13-18(15-6-8-16(24-3)9-7-15)19(22(2)21-13)20-17(23)11-14-5-4-10-25-12-14/h6-9,14H,4-5,10-12H2,1-3H3,(H,20,23). The maximum atomic E-state index is 12.5. The first-order valence-corrected chi connectivity index (χ1v) is 8.64. The van der Waals surface area contributed by atoms with E-state index >= 15 is 0 Å². The molecule has 3 rings (SSSR count). The van der Waals surface area contributed by atoms with Crippen LogP contribution in [-0.4, -0.2) is 36.0 Å². The third-order valence-corrected chi connectivity index (χ3v) is 4.59. The third-order valence-electron chi connectivity index (χ3n) is 4.59. The fourth-order valence-corrected chi connectivity index (χ4v) is 3.32. The lowest BCUT2D eigenvalue weighted by Gasteiger charge is -2.21. The number of hydrogen-bond acceptors (Lipinski definition) is 4. The normalized spacial score (nSPS) is 17.3. The molecule has 2 heterocycles. The van der Waals surface area contributed by atoms with Crippen molar-refractivity contribution in [1.29, 1.82) is 0 Å². The predicted molar refractivity (Wildman–Crippen MR) is 96.7 cm³/mol. The Hall–Kier alpha value is -2.34. The number of nitrogens with one attached hydrogen (secondary N) is 1. The van der Waals surface area contributed by atoms with E-state index in [2.05, 4.69) is 10.4 Å². The topological polar surface area (TPSA) is 65.4 Å². The minimum absolute atomic E-state index is 0.00765. The number of ether oxygens (including phenoxy) is 2. The molecule has 0 spiro atoms. The predicted octanol–water partition coefficient (Wildman–Crippen LogP) is 3.16. The zero-order valence-corrected chi connectivity index (χ0v) is 15.0. The number of carbonyl (C=O) groups excluding carboxylic acids is 1. The molecule has 1 aromatic carbocycles. The molecule has 1 fully saturated rings. The van der Waals surface area contributed by atoms with E-state index in [-0.39, 0.29) is 5.91 Å². The SMILES string of the molecule is COc1ccc(-c2c(C)nn(C)c2NC(=O)CC2CCCOC2)cc1. The summed E-state index contributed by atoms with van der Waals surface area (Å²) < 4.78 is 12.4. The Morgan fingerprint density at radius 2 is 2.16 bits per heavy atom. The van der Waals surface area contributed by atoms with E-state index in [1.807, 2.05) is 38.2 Å². The smallest absolute Gasteiger partial charge is 0.225 e. The quantitative estimate of drug-likeness (QED) is 0.906. The lowest BCUT2D eigenvalue weighted by atomic mass is 9.98. The molecule has 1 aliphatic rings. The van der Waals surface area contributed by atoms with Crippen LogP contribution >= 0.6 is 0 Å². The number of aromatic nitrogens is 2. The van der Waals surface area contributed by atoms with Gasteiger partial charge in [-0.15, -0.1) is 0 Å². The monoisotopic (exact) mass is 343 g/mol. The molecule has 134 valence electrons. The van der Waals surface area contributed by atoms with Crippen molar-refractivity contribution in [2.75, 3.05) is 25.6 Å². The van der Waals surface area contributed by atoms with Gasteiger partial charge in [-0.3, -0.25) is 9.48 Å². The molecule has 6 heteroatoms. The van der Waals surface area contributed by atoms with Crippen molar-refractivity contribution in [2.24, 2.45) is 13.0 Å². The lowest BCUT2D eigenvalue weighted by molar-refractivity contribution is -0.118. The van der Waals surface area contributed by atoms with E-state index in [9.17, 15) is 4.79 Å². The van der Waals surface area contributed by atoms with E-state index < -0.39 is 0 Å². The highest BCUT2D eigenvalue weighted by Gasteiger charge is 2.21. The summed E-state index contributed by atoms with van der Waals surface area (Å²) in [6.07, 6.45) is 2.55. The summed E-state index contributed by atoms with van der Waals surface area (Å²) in [5.74, 6) is 1.83. The molecule has 25 heavy (non-hydrogen) atoms. The van der Waals surface area contributed by atoms with Crippen molar-refractivity contribution in [3.63, 3.8) is 0 Å². The van der Waals surface area contributed by atoms with Gasteiger partial charge in [0.25, 0.3) is 0 Å². The van der Waals surface area contributed by atoms with Crippen molar-refractivity contribution in [3.8, 4) is 16.9 Å². The minimum atomic E-state index is 0.00765. The fourth-order valence-electron chi connectivity index (χ4n) is 3.32. The van der Waals surface area contributed by atoms with Crippen LogP contribution in [0, 0.1) is 12.8 Å². The highest BCUT2D eigenvalue weighted by molar-refractivity contribution is 5.95. The highest BCUT2D eigenvalue weighted by atomic mass is 16.5. The fraction of sp³-hybridized carbons (Fsp3) is 0.474. The molecule has 2 aromatic rings. The maximum absolute atomic E-state index is 12.5. The molecule has 1 atom stereocenters. The molecular formula is C19H25N3O3. The second kappa shape index (κ2) is 7.70. The molecule has 0 aliphatic carbocycles. The van der Waals surface area contributed by atoms with Gasteiger partial charge in [-0.25, -0.2) is 0 Å². The van der Waals surface area contributed by atoms with Crippen molar-refractivity contribution >= 4 is 11.7 Å². The van der Waals surface area contributed by atoms with E-state index in [0.717, 1.165) is 47.8 Å². The van der Waals surface area contributed by atoms with E-state index in [4.69, 9.17) is 9.47 Å². The molecule has 0 bridgehead atoms. The van der Waals surface area contributed by atoms with Gasteiger partial charge < -0.3 is 14.8 Å². The number of anilines is 1. The van der Waals surface area contributed by atoms with Gasteiger partial charge in [0.2, 0.25) is 5.91 Å². The Bertz CT molecular complexity index is 731. The van der Waals surface area contributed by atoms with Crippen LogP contribution in [0.15, 0.2) is 24.3 Å². The number of aryl methyl sites for hydroxylation is 2. The highest BCUT2D eigenvalue weighted by Crippen LogP contribution is 2.32. The molecule has 6 nitrogen and oxygen atoms in total. The largest absolute Gasteiger partial charge is 0.497 e. The molecule has 1 saturated heterocycles. The number of benzene rings is 1. The Balaban J connectivity index is 1.79. The number of carbonyl (C=O) groups is 1.